The van der Waals surface area contributed by atoms with Crippen molar-refractivity contribution in [3.63, 3.8) is 0 Å². The van der Waals surface area contributed by atoms with E-state index in [0.717, 1.165) is 31.0 Å². The summed E-state index contributed by atoms with van der Waals surface area (Å²) < 4.78 is 1.86. The number of unbranched alkanes of at least 4 members (excludes halogenated alkanes) is 2. The highest BCUT2D eigenvalue weighted by Crippen LogP contribution is 2.16. The van der Waals surface area contributed by atoms with Crippen molar-refractivity contribution in [3.05, 3.63) is 60.6 Å². The average molecular weight is 349 g/mol. The Bertz CT molecular complexity index is 772. The van der Waals surface area contributed by atoms with Crippen molar-refractivity contribution in [1.29, 1.82) is 0 Å². The second-order valence-corrected chi connectivity index (χ2v) is 7.01. The molecular weight excluding hydrogens is 322 g/mol. The normalized spacial score (nSPS) is 15.6. The molecule has 0 N–H and O–H groups in total. The first kappa shape index (κ1) is 17.0. The van der Waals surface area contributed by atoms with Crippen LogP contribution in [0.4, 0.5) is 5.69 Å². The van der Waals surface area contributed by atoms with Crippen LogP contribution >= 0.6 is 0 Å². The Hall–Kier alpha value is -2.40. The van der Waals surface area contributed by atoms with Crippen LogP contribution in [0, 0.1) is 0 Å². The van der Waals surface area contributed by atoms with Gasteiger partial charge < -0.3 is 4.90 Å². The van der Waals surface area contributed by atoms with Gasteiger partial charge in [0, 0.05) is 44.5 Å². The average Bonchev–Trinajstić information content (AvgIpc) is 3.12. The molecule has 3 aromatic rings. The largest absolute Gasteiger partial charge is 0.369 e. The van der Waals surface area contributed by atoms with Crippen molar-refractivity contribution in [2.75, 3.05) is 37.6 Å². The summed E-state index contributed by atoms with van der Waals surface area (Å²) in [6, 6.07) is 16.8. The van der Waals surface area contributed by atoms with Crippen molar-refractivity contribution in [2.24, 2.45) is 0 Å². The molecule has 0 aliphatic carbocycles. The number of piperazine rings is 1. The standard InChI is InChI=1S/C21H27N5/c1-3-9-19(10-4-1)25-17-15-24(16-18-25)13-7-2-5-11-20-22-21-12-6-8-14-26(21)23-20/h1,3-4,6,8-10,12,14H,2,5,7,11,13,15-18H2. The van der Waals surface area contributed by atoms with Crippen LogP contribution < -0.4 is 4.90 Å². The Balaban J connectivity index is 1.13. The summed E-state index contributed by atoms with van der Waals surface area (Å²) in [5, 5.41) is 4.53. The van der Waals surface area contributed by atoms with Crippen LogP contribution in [-0.2, 0) is 6.42 Å². The van der Waals surface area contributed by atoms with Crippen LogP contribution in [0.2, 0.25) is 0 Å². The number of fused-ring (bicyclic) bond motifs is 1. The Morgan fingerprint density at radius 1 is 0.808 bits per heavy atom. The predicted molar refractivity (Wildman–Crippen MR) is 106 cm³/mol. The van der Waals surface area contributed by atoms with E-state index < -0.39 is 0 Å². The van der Waals surface area contributed by atoms with Crippen molar-refractivity contribution in [1.82, 2.24) is 19.5 Å². The van der Waals surface area contributed by atoms with Crippen molar-refractivity contribution in [3.8, 4) is 0 Å². The molecule has 0 bridgehead atoms. The van der Waals surface area contributed by atoms with Crippen LogP contribution in [0.3, 0.4) is 0 Å². The molecule has 1 fully saturated rings. The monoisotopic (exact) mass is 349 g/mol. The van der Waals surface area contributed by atoms with Crippen LogP contribution in [-0.4, -0.2) is 52.2 Å². The summed E-state index contributed by atoms with van der Waals surface area (Å²) in [7, 11) is 0. The third-order valence-corrected chi connectivity index (χ3v) is 5.15. The summed E-state index contributed by atoms with van der Waals surface area (Å²) in [5.74, 6) is 0.965. The molecule has 1 aliphatic rings. The van der Waals surface area contributed by atoms with E-state index in [0.29, 0.717) is 0 Å². The number of para-hydroxylation sites is 1. The Morgan fingerprint density at radius 3 is 2.42 bits per heavy atom. The van der Waals surface area contributed by atoms with E-state index in [2.05, 4.69) is 50.2 Å². The second-order valence-electron chi connectivity index (χ2n) is 7.01. The maximum Gasteiger partial charge on any atom is 0.155 e. The maximum absolute atomic E-state index is 4.57. The molecule has 0 unspecified atom stereocenters. The fourth-order valence-electron chi connectivity index (χ4n) is 3.65. The molecule has 5 nitrogen and oxygen atoms in total. The predicted octanol–water partition coefficient (Wildman–Crippen LogP) is 3.26. The Morgan fingerprint density at radius 2 is 1.62 bits per heavy atom. The Kier molecular flexibility index (Phi) is 5.45. The first-order valence-electron chi connectivity index (χ1n) is 9.71. The van der Waals surface area contributed by atoms with Gasteiger partial charge in [-0.2, -0.15) is 5.10 Å². The van der Waals surface area contributed by atoms with E-state index in [4.69, 9.17) is 0 Å². The minimum absolute atomic E-state index is 0.943. The molecule has 1 aromatic carbocycles. The third-order valence-electron chi connectivity index (χ3n) is 5.15. The molecule has 26 heavy (non-hydrogen) atoms. The lowest BCUT2D eigenvalue weighted by Crippen LogP contribution is -2.46. The van der Waals surface area contributed by atoms with Crippen LogP contribution in [0.5, 0.6) is 0 Å². The van der Waals surface area contributed by atoms with Gasteiger partial charge in [0.15, 0.2) is 11.5 Å². The number of benzene rings is 1. The Labute approximate surface area is 155 Å². The van der Waals surface area contributed by atoms with Gasteiger partial charge in [0.2, 0.25) is 0 Å². The highest BCUT2D eigenvalue weighted by atomic mass is 15.3. The number of hydrogen-bond acceptors (Lipinski definition) is 4. The molecule has 5 heteroatoms. The number of aryl methyl sites for hydroxylation is 1. The van der Waals surface area contributed by atoms with Gasteiger partial charge in [-0.05, 0) is 43.7 Å². The summed E-state index contributed by atoms with van der Waals surface area (Å²) in [6.07, 6.45) is 6.61. The highest BCUT2D eigenvalue weighted by molar-refractivity contribution is 5.46. The zero-order valence-corrected chi connectivity index (χ0v) is 15.3. The van der Waals surface area contributed by atoms with Crippen molar-refractivity contribution >= 4 is 11.3 Å². The fraction of sp³-hybridized carbons (Fsp3) is 0.429. The van der Waals surface area contributed by atoms with Gasteiger partial charge in [-0.1, -0.05) is 30.7 Å². The van der Waals surface area contributed by atoms with Gasteiger partial charge in [-0.25, -0.2) is 9.50 Å². The molecule has 0 spiro atoms. The molecule has 1 aliphatic heterocycles. The van der Waals surface area contributed by atoms with E-state index >= 15 is 0 Å². The number of pyridine rings is 1. The van der Waals surface area contributed by atoms with Crippen molar-refractivity contribution in [2.45, 2.75) is 25.7 Å². The zero-order chi connectivity index (χ0) is 17.6. The summed E-state index contributed by atoms with van der Waals surface area (Å²) in [4.78, 5) is 9.66. The quantitative estimate of drug-likeness (QED) is 0.614. The first-order chi connectivity index (χ1) is 12.9. The van der Waals surface area contributed by atoms with Gasteiger partial charge >= 0.3 is 0 Å². The lowest BCUT2D eigenvalue weighted by atomic mass is 10.1. The summed E-state index contributed by atoms with van der Waals surface area (Å²) in [6.45, 7) is 5.82. The van der Waals surface area contributed by atoms with Crippen LogP contribution in [0.15, 0.2) is 54.7 Å². The third kappa shape index (κ3) is 4.22. The van der Waals surface area contributed by atoms with Crippen LogP contribution in [0.25, 0.3) is 5.65 Å². The minimum Gasteiger partial charge on any atom is -0.369 e. The van der Waals surface area contributed by atoms with E-state index in [1.807, 2.05) is 28.9 Å². The fourth-order valence-corrected chi connectivity index (χ4v) is 3.65. The minimum atomic E-state index is 0.943. The molecule has 3 heterocycles. The number of rotatable bonds is 7. The van der Waals surface area contributed by atoms with E-state index in [9.17, 15) is 0 Å². The number of aromatic nitrogens is 3. The highest BCUT2D eigenvalue weighted by Gasteiger charge is 2.16. The van der Waals surface area contributed by atoms with Gasteiger partial charge in [0.05, 0.1) is 0 Å². The molecule has 0 radical (unpaired) electrons. The first-order valence-corrected chi connectivity index (χ1v) is 9.71. The lowest BCUT2D eigenvalue weighted by molar-refractivity contribution is 0.252. The molecular formula is C21H27N5. The maximum atomic E-state index is 4.57. The molecule has 136 valence electrons. The molecule has 0 atom stereocenters. The molecule has 2 aromatic heterocycles. The summed E-state index contributed by atoms with van der Waals surface area (Å²) in [5.41, 5.74) is 2.30. The molecule has 0 amide bonds. The van der Waals surface area contributed by atoms with Gasteiger partial charge in [-0.15, -0.1) is 0 Å². The van der Waals surface area contributed by atoms with Gasteiger partial charge in [0.1, 0.15) is 0 Å². The number of hydrogen-bond donors (Lipinski definition) is 0. The smallest absolute Gasteiger partial charge is 0.155 e. The van der Waals surface area contributed by atoms with E-state index in [-0.39, 0.29) is 0 Å². The van der Waals surface area contributed by atoms with Crippen LogP contribution in [0.1, 0.15) is 25.1 Å². The van der Waals surface area contributed by atoms with Gasteiger partial charge in [-0.3, -0.25) is 4.90 Å². The van der Waals surface area contributed by atoms with E-state index in [1.54, 1.807) is 0 Å². The molecule has 0 saturated carbocycles. The van der Waals surface area contributed by atoms with E-state index in [1.165, 1.54) is 44.6 Å². The van der Waals surface area contributed by atoms with Crippen molar-refractivity contribution < 1.29 is 0 Å². The zero-order valence-electron chi connectivity index (χ0n) is 15.3. The van der Waals surface area contributed by atoms with Gasteiger partial charge in [0.25, 0.3) is 0 Å². The molecule has 1 saturated heterocycles. The summed E-state index contributed by atoms with van der Waals surface area (Å²) >= 11 is 0. The number of anilines is 1. The topological polar surface area (TPSA) is 36.7 Å². The lowest BCUT2D eigenvalue weighted by Gasteiger charge is -2.36. The molecule has 4 rings (SSSR count). The SMILES string of the molecule is c1ccc(N2CCN(CCCCCc3nc4ccccn4n3)CC2)cc1. The number of nitrogens with zero attached hydrogens (tertiary/aromatic N) is 5. The second kappa shape index (κ2) is 8.32.